The number of hydrogen-bond acceptors (Lipinski definition) is 7. The number of nitrogens with zero attached hydrogens (tertiary/aromatic N) is 3. The molecule has 0 unspecified atom stereocenters. The molecule has 10 heteroatoms. The summed E-state index contributed by atoms with van der Waals surface area (Å²) in [6, 6.07) is 24.8. The van der Waals surface area contributed by atoms with Gasteiger partial charge in [-0.05, 0) is 17.7 Å². The quantitative estimate of drug-likeness (QED) is 0.258. The zero-order valence-electron chi connectivity index (χ0n) is 20.4. The van der Waals surface area contributed by atoms with Crippen LogP contribution in [-0.4, -0.2) is 15.9 Å². The maximum Gasteiger partial charge on any atom is 0.258 e. The van der Waals surface area contributed by atoms with Crippen molar-refractivity contribution in [2.75, 3.05) is 10.2 Å². The lowest BCUT2D eigenvalue weighted by atomic mass is 9.69. The van der Waals surface area contributed by atoms with E-state index < -0.39 is 22.7 Å². The molecule has 0 aliphatic carbocycles. The number of aromatic amines is 1. The molecule has 1 amide bonds. The second-order valence-corrected chi connectivity index (χ2v) is 10.1. The number of benzene rings is 3. The monoisotopic (exact) mass is 536 g/mol. The number of para-hydroxylation sites is 1. The molecule has 1 aromatic heterocycles. The molecule has 2 aliphatic heterocycles. The van der Waals surface area contributed by atoms with Crippen molar-refractivity contribution in [2.45, 2.75) is 22.9 Å². The highest BCUT2D eigenvalue weighted by atomic mass is 32.2. The minimum Gasteiger partial charge on any atom is -0.384 e. The number of halogens is 1. The fourth-order valence-corrected chi connectivity index (χ4v) is 6.05. The summed E-state index contributed by atoms with van der Waals surface area (Å²) in [4.78, 5) is 37.0. The standard InChI is InChI=1S/C29H21FN6O2S/c30-21-12-6-4-10-18(21)15-36-22-13-7-5-11-19(22)29(27(36)38)20(14-31)24(32)33-25-23(29)26(37)35-28(34-25)39-16-17-8-2-1-3-9-17/h1-13H,15-16,32H2,(H2,33,34,35,37)/t29-/m1/s1. The number of carbonyl (C=O) groups is 1. The van der Waals surface area contributed by atoms with E-state index in [2.05, 4.69) is 21.4 Å². The number of anilines is 2. The Balaban J connectivity index is 1.51. The number of rotatable bonds is 5. The number of nitriles is 1. The molecule has 1 atom stereocenters. The van der Waals surface area contributed by atoms with Crippen molar-refractivity contribution in [3.05, 3.63) is 129 Å². The van der Waals surface area contributed by atoms with Gasteiger partial charge in [0, 0.05) is 22.6 Å². The molecule has 6 rings (SSSR count). The first-order valence-electron chi connectivity index (χ1n) is 12.1. The van der Waals surface area contributed by atoms with Gasteiger partial charge in [0.15, 0.2) is 5.16 Å². The molecule has 4 aromatic rings. The summed E-state index contributed by atoms with van der Waals surface area (Å²) >= 11 is 1.32. The summed E-state index contributed by atoms with van der Waals surface area (Å²) in [5.74, 6) is -0.462. The first-order chi connectivity index (χ1) is 18.9. The first kappa shape index (κ1) is 24.5. The van der Waals surface area contributed by atoms with Crippen LogP contribution in [0.3, 0.4) is 0 Å². The highest BCUT2D eigenvalue weighted by Crippen LogP contribution is 2.53. The van der Waals surface area contributed by atoms with Gasteiger partial charge < -0.3 is 20.9 Å². The Morgan fingerprint density at radius 2 is 1.74 bits per heavy atom. The van der Waals surface area contributed by atoms with Crippen LogP contribution in [0.2, 0.25) is 0 Å². The number of nitrogens with two attached hydrogens (primary N) is 1. The van der Waals surface area contributed by atoms with Crippen molar-refractivity contribution >= 4 is 29.2 Å². The number of nitrogens with one attached hydrogen (secondary N) is 2. The summed E-state index contributed by atoms with van der Waals surface area (Å²) in [5, 5.41) is 13.4. The van der Waals surface area contributed by atoms with Gasteiger partial charge in [-0.3, -0.25) is 9.59 Å². The van der Waals surface area contributed by atoms with Gasteiger partial charge in [-0.15, -0.1) is 0 Å². The van der Waals surface area contributed by atoms with Crippen molar-refractivity contribution in [3.8, 4) is 6.07 Å². The molecule has 0 saturated carbocycles. The third kappa shape index (κ3) is 3.78. The normalized spacial score (nSPS) is 17.5. The molecular weight excluding hydrogens is 515 g/mol. The van der Waals surface area contributed by atoms with E-state index in [0.29, 0.717) is 27.7 Å². The highest BCUT2D eigenvalue weighted by molar-refractivity contribution is 7.98. The van der Waals surface area contributed by atoms with E-state index in [1.807, 2.05) is 30.3 Å². The van der Waals surface area contributed by atoms with Crippen molar-refractivity contribution in [1.29, 1.82) is 5.26 Å². The molecule has 2 aliphatic rings. The van der Waals surface area contributed by atoms with Crippen LogP contribution in [0.5, 0.6) is 0 Å². The Bertz CT molecular complexity index is 1760. The average molecular weight is 537 g/mol. The molecule has 192 valence electrons. The van der Waals surface area contributed by atoms with E-state index in [1.54, 1.807) is 42.5 Å². The molecule has 0 radical (unpaired) electrons. The molecule has 3 aromatic carbocycles. The number of hydrogen-bond donors (Lipinski definition) is 3. The number of aromatic nitrogens is 2. The molecule has 8 nitrogen and oxygen atoms in total. The second kappa shape index (κ2) is 9.45. The topological polar surface area (TPSA) is 128 Å². The van der Waals surface area contributed by atoms with E-state index in [4.69, 9.17) is 5.73 Å². The lowest BCUT2D eigenvalue weighted by molar-refractivity contribution is -0.120. The molecule has 3 heterocycles. The minimum absolute atomic E-state index is 0.0224. The third-order valence-corrected chi connectivity index (χ3v) is 7.90. The van der Waals surface area contributed by atoms with Crippen LogP contribution in [0.4, 0.5) is 15.9 Å². The predicted octanol–water partition coefficient (Wildman–Crippen LogP) is 4.15. The van der Waals surface area contributed by atoms with Gasteiger partial charge in [-0.1, -0.05) is 78.5 Å². The Labute approximate surface area is 227 Å². The Kier molecular flexibility index (Phi) is 5.93. The maximum absolute atomic E-state index is 14.6. The lowest BCUT2D eigenvalue weighted by Crippen LogP contribution is -2.49. The summed E-state index contributed by atoms with van der Waals surface area (Å²) in [7, 11) is 0. The van der Waals surface area contributed by atoms with Crippen LogP contribution >= 0.6 is 11.8 Å². The summed E-state index contributed by atoms with van der Waals surface area (Å²) in [6.07, 6.45) is 0. The van der Waals surface area contributed by atoms with Gasteiger partial charge in [0.1, 0.15) is 28.9 Å². The molecular formula is C29H21FN6O2S. The Hall–Kier alpha value is -4.88. The largest absolute Gasteiger partial charge is 0.384 e. The molecule has 0 fully saturated rings. The minimum atomic E-state index is -1.84. The van der Waals surface area contributed by atoms with Crippen molar-refractivity contribution < 1.29 is 9.18 Å². The maximum atomic E-state index is 14.6. The van der Waals surface area contributed by atoms with E-state index in [0.717, 1.165) is 5.56 Å². The number of H-pyrrole nitrogens is 1. The first-order valence-corrected chi connectivity index (χ1v) is 13.1. The smallest absolute Gasteiger partial charge is 0.258 e. The van der Waals surface area contributed by atoms with E-state index in [-0.39, 0.29) is 29.3 Å². The van der Waals surface area contributed by atoms with Crippen LogP contribution in [-0.2, 0) is 22.5 Å². The van der Waals surface area contributed by atoms with E-state index >= 15 is 0 Å². The van der Waals surface area contributed by atoms with E-state index in [9.17, 15) is 19.2 Å². The van der Waals surface area contributed by atoms with Crippen molar-refractivity contribution in [2.24, 2.45) is 5.73 Å². The molecule has 1 spiro atoms. The number of fused-ring (bicyclic) bond motifs is 4. The number of carbonyl (C=O) groups excluding carboxylic acids is 1. The summed E-state index contributed by atoms with van der Waals surface area (Å²) in [5.41, 5.74) is 5.98. The van der Waals surface area contributed by atoms with Gasteiger partial charge in [-0.2, -0.15) is 5.26 Å². The number of amides is 1. The summed E-state index contributed by atoms with van der Waals surface area (Å²) in [6.45, 7) is -0.0952. The highest BCUT2D eigenvalue weighted by Gasteiger charge is 2.60. The molecule has 0 bridgehead atoms. The summed E-state index contributed by atoms with van der Waals surface area (Å²) < 4.78 is 14.6. The van der Waals surface area contributed by atoms with Gasteiger partial charge in [-0.25, -0.2) is 9.37 Å². The van der Waals surface area contributed by atoms with Gasteiger partial charge in [0.05, 0.1) is 17.7 Å². The number of thioether (sulfide) groups is 1. The van der Waals surface area contributed by atoms with Crippen LogP contribution in [0.15, 0.2) is 100 Å². The van der Waals surface area contributed by atoms with Crippen molar-refractivity contribution in [1.82, 2.24) is 9.97 Å². The van der Waals surface area contributed by atoms with Crippen LogP contribution in [0.25, 0.3) is 0 Å². The fourth-order valence-electron chi connectivity index (χ4n) is 5.24. The molecule has 0 saturated heterocycles. The van der Waals surface area contributed by atoms with Crippen LogP contribution < -0.4 is 21.5 Å². The van der Waals surface area contributed by atoms with E-state index in [1.165, 1.54) is 22.7 Å². The van der Waals surface area contributed by atoms with Gasteiger partial charge in [0.25, 0.3) is 5.56 Å². The fraction of sp³-hybridized carbons (Fsp3) is 0.103. The SMILES string of the molecule is N#CC1=C(N)Nc2nc(SCc3ccccc3)[nH]c(=O)c2[C@]12C(=O)N(Cc1ccccc1F)c1ccccc12. The lowest BCUT2D eigenvalue weighted by Gasteiger charge is -2.34. The zero-order valence-corrected chi connectivity index (χ0v) is 21.3. The second-order valence-electron chi connectivity index (χ2n) is 9.14. The third-order valence-electron chi connectivity index (χ3n) is 6.95. The average Bonchev–Trinajstić information content (AvgIpc) is 3.17. The van der Waals surface area contributed by atoms with Crippen LogP contribution in [0.1, 0.15) is 22.3 Å². The van der Waals surface area contributed by atoms with Crippen molar-refractivity contribution in [3.63, 3.8) is 0 Å². The Morgan fingerprint density at radius 1 is 1.03 bits per heavy atom. The van der Waals surface area contributed by atoms with Gasteiger partial charge in [0.2, 0.25) is 5.91 Å². The molecule has 4 N–H and O–H groups in total. The predicted molar refractivity (Wildman–Crippen MR) is 146 cm³/mol. The van der Waals surface area contributed by atoms with Gasteiger partial charge >= 0.3 is 0 Å². The Morgan fingerprint density at radius 3 is 2.51 bits per heavy atom. The molecule has 39 heavy (non-hydrogen) atoms. The van der Waals surface area contributed by atoms with Crippen LogP contribution in [0, 0.1) is 17.1 Å². The zero-order chi connectivity index (χ0) is 27.1.